The second kappa shape index (κ2) is 14.5. The van der Waals surface area contributed by atoms with E-state index in [0.717, 1.165) is 57.3 Å². The molecule has 9 nitrogen and oxygen atoms in total. The molecule has 2 aliphatic heterocycles. The van der Waals surface area contributed by atoms with E-state index in [1.807, 2.05) is 39.8 Å². The summed E-state index contributed by atoms with van der Waals surface area (Å²) < 4.78 is 22.0. The highest BCUT2D eigenvalue weighted by atomic mass is 16.7. The van der Waals surface area contributed by atoms with E-state index in [4.69, 9.17) is 18.9 Å². The molecule has 8 rings (SSSR count). The number of ether oxygens (including phenoxy) is 4. The smallest absolute Gasteiger partial charge is 0.231 e. The number of aryl methyl sites for hydroxylation is 2. The number of rotatable bonds is 9. The van der Waals surface area contributed by atoms with Crippen molar-refractivity contribution in [2.75, 3.05) is 13.6 Å². The Bertz CT molecular complexity index is 2170. The average Bonchev–Trinajstić information content (AvgIpc) is 3.83. The first kappa shape index (κ1) is 36.3. The maximum atomic E-state index is 12.1. The van der Waals surface area contributed by atoms with Gasteiger partial charge in [0.1, 0.15) is 28.7 Å². The van der Waals surface area contributed by atoms with Gasteiger partial charge in [0, 0.05) is 60.1 Å². The topological polar surface area (TPSA) is 138 Å². The second-order valence-electron chi connectivity index (χ2n) is 15.5. The quantitative estimate of drug-likeness (QED) is 0.1000. The maximum Gasteiger partial charge on any atom is 0.231 e. The molecule has 1 fully saturated rings. The molecular formula is C46H48O9. The number of hydrogen-bond acceptors (Lipinski definition) is 9. The molecule has 0 aromatic heterocycles. The van der Waals surface area contributed by atoms with Crippen LogP contribution in [0.1, 0.15) is 110 Å². The Morgan fingerprint density at radius 3 is 1.31 bits per heavy atom. The minimum atomic E-state index is 0.0733. The van der Waals surface area contributed by atoms with E-state index in [1.54, 1.807) is 24.3 Å². The van der Waals surface area contributed by atoms with Crippen molar-refractivity contribution in [2.24, 2.45) is 0 Å². The monoisotopic (exact) mass is 744 g/mol. The highest BCUT2D eigenvalue weighted by Gasteiger charge is 2.25. The molecule has 5 aromatic carbocycles. The van der Waals surface area contributed by atoms with E-state index >= 15 is 0 Å². The fourth-order valence-corrected chi connectivity index (χ4v) is 8.64. The summed E-state index contributed by atoms with van der Waals surface area (Å²) in [5, 5.41) is 56.4. The van der Waals surface area contributed by atoms with Crippen LogP contribution >= 0.6 is 0 Å². The summed E-state index contributed by atoms with van der Waals surface area (Å²) in [5.74, 6) is 3.26. The molecule has 2 heterocycles. The van der Waals surface area contributed by atoms with Gasteiger partial charge in [0.25, 0.3) is 0 Å². The molecule has 286 valence electrons. The van der Waals surface area contributed by atoms with Gasteiger partial charge in [0.15, 0.2) is 23.0 Å². The summed E-state index contributed by atoms with van der Waals surface area (Å²) in [6.45, 7) is 7.92. The van der Waals surface area contributed by atoms with Crippen LogP contribution in [0.5, 0.6) is 51.7 Å². The number of hydrogen-bond donors (Lipinski definition) is 5. The van der Waals surface area contributed by atoms with Crippen LogP contribution in [0.25, 0.3) is 0 Å². The van der Waals surface area contributed by atoms with E-state index in [1.165, 1.54) is 24.8 Å². The van der Waals surface area contributed by atoms with Gasteiger partial charge in [-0.1, -0.05) is 43.5 Å². The molecule has 55 heavy (non-hydrogen) atoms. The van der Waals surface area contributed by atoms with Crippen LogP contribution in [0.3, 0.4) is 0 Å². The maximum absolute atomic E-state index is 12.1. The third-order valence-electron chi connectivity index (χ3n) is 12.0. The number of phenols is 5. The molecule has 0 bridgehead atoms. The molecule has 0 unspecified atom stereocenters. The van der Waals surface area contributed by atoms with Crippen molar-refractivity contribution in [3.8, 4) is 51.7 Å². The average molecular weight is 745 g/mol. The van der Waals surface area contributed by atoms with E-state index in [-0.39, 0.29) is 42.3 Å². The third kappa shape index (κ3) is 6.92. The van der Waals surface area contributed by atoms with E-state index in [9.17, 15) is 25.5 Å². The van der Waals surface area contributed by atoms with Crippen molar-refractivity contribution in [1.29, 1.82) is 0 Å². The predicted molar refractivity (Wildman–Crippen MR) is 209 cm³/mol. The van der Waals surface area contributed by atoms with E-state index in [0.29, 0.717) is 76.9 Å². The van der Waals surface area contributed by atoms with Crippen molar-refractivity contribution < 1.29 is 44.5 Å². The van der Waals surface area contributed by atoms with Crippen molar-refractivity contribution in [3.05, 3.63) is 121 Å². The van der Waals surface area contributed by atoms with E-state index in [2.05, 4.69) is 12.1 Å². The second-order valence-corrected chi connectivity index (χ2v) is 15.5. The van der Waals surface area contributed by atoms with Crippen LogP contribution in [-0.4, -0.2) is 39.1 Å². The van der Waals surface area contributed by atoms with Gasteiger partial charge in [0.05, 0.1) is 0 Å². The van der Waals surface area contributed by atoms with Crippen molar-refractivity contribution in [2.45, 2.75) is 91.4 Å². The summed E-state index contributed by atoms with van der Waals surface area (Å²) in [4.78, 5) is 0. The molecule has 5 aromatic rings. The van der Waals surface area contributed by atoms with Gasteiger partial charge in [-0.05, 0) is 109 Å². The Balaban J connectivity index is 1.16. The molecule has 3 aliphatic rings. The SMILES string of the molecule is Cc1cc(Cc2cc(C3CCCCC3)cc(Cc3cc(C)c(O)c(Cc4cc5c(cc4O)OCO5)c3C)c2O)c(C)c(Cc2cc3c(cc2O)OCO3)c1O. The first-order chi connectivity index (χ1) is 26.4. The predicted octanol–water partition coefficient (Wildman–Crippen LogP) is 9.32. The minimum Gasteiger partial charge on any atom is -0.508 e. The molecule has 9 heteroatoms. The van der Waals surface area contributed by atoms with Crippen LogP contribution in [0.15, 0.2) is 48.5 Å². The Hall–Kier alpha value is -5.70. The van der Waals surface area contributed by atoms with Gasteiger partial charge in [-0.2, -0.15) is 0 Å². The zero-order valence-electron chi connectivity index (χ0n) is 31.8. The highest BCUT2D eigenvalue weighted by molar-refractivity contribution is 5.60. The molecule has 1 saturated carbocycles. The molecule has 0 amide bonds. The standard InChI is InChI=1S/C46H48O9/c1-24-10-29(26(3)36(44(24)49)16-32-18-40-42(20-38(32)47)54-22-52-40)12-34-14-31(28-8-6-5-7-9-28)15-35(46(34)51)13-30-11-25(2)45(50)37(27(30)4)17-33-19-41-43(21-39(33)48)55-23-53-41/h10-11,14-15,18-21,28,47-51H,5-9,12-13,16-17,22-23H2,1-4H3. The highest BCUT2D eigenvalue weighted by Crippen LogP contribution is 2.44. The van der Waals surface area contributed by atoms with Crippen molar-refractivity contribution in [1.82, 2.24) is 0 Å². The number of fused-ring (bicyclic) bond motifs is 2. The summed E-state index contributed by atoms with van der Waals surface area (Å²) >= 11 is 0. The van der Waals surface area contributed by atoms with Gasteiger partial charge in [-0.25, -0.2) is 0 Å². The summed E-state index contributed by atoms with van der Waals surface area (Å²) in [6.07, 6.45) is 7.28. The van der Waals surface area contributed by atoms with Gasteiger partial charge in [0.2, 0.25) is 13.6 Å². The Morgan fingerprint density at radius 1 is 0.455 bits per heavy atom. The van der Waals surface area contributed by atoms with Gasteiger partial charge >= 0.3 is 0 Å². The van der Waals surface area contributed by atoms with Gasteiger partial charge < -0.3 is 44.5 Å². The molecular weight excluding hydrogens is 696 g/mol. The molecule has 0 atom stereocenters. The van der Waals surface area contributed by atoms with Gasteiger partial charge in [-0.3, -0.25) is 0 Å². The lowest BCUT2D eigenvalue weighted by Gasteiger charge is -2.25. The summed E-state index contributed by atoms with van der Waals surface area (Å²) in [5.41, 5.74) is 10.7. The Kier molecular flexibility index (Phi) is 9.57. The van der Waals surface area contributed by atoms with Crippen LogP contribution in [0.2, 0.25) is 0 Å². The van der Waals surface area contributed by atoms with Crippen LogP contribution in [-0.2, 0) is 25.7 Å². The minimum absolute atomic E-state index is 0.0733. The first-order valence-electron chi connectivity index (χ1n) is 19.1. The third-order valence-corrected chi connectivity index (χ3v) is 12.0. The Morgan fingerprint density at radius 2 is 0.873 bits per heavy atom. The zero-order chi connectivity index (χ0) is 38.5. The Labute approximate surface area is 321 Å². The molecule has 1 aliphatic carbocycles. The van der Waals surface area contributed by atoms with Gasteiger partial charge in [-0.15, -0.1) is 0 Å². The van der Waals surface area contributed by atoms with Crippen LogP contribution in [0.4, 0.5) is 0 Å². The lowest BCUT2D eigenvalue weighted by Crippen LogP contribution is -2.08. The zero-order valence-corrected chi connectivity index (χ0v) is 31.8. The number of benzene rings is 5. The number of aromatic hydroxyl groups is 5. The molecule has 0 saturated heterocycles. The fourth-order valence-electron chi connectivity index (χ4n) is 8.64. The first-order valence-corrected chi connectivity index (χ1v) is 19.1. The molecule has 5 N–H and O–H groups in total. The summed E-state index contributed by atoms with van der Waals surface area (Å²) in [7, 11) is 0. The molecule has 0 spiro atoms. The lowest BCUT2D eigenvalue weighted by atomic mass is 9.81. The summed E-state index contributed by atoms with van der Waals surface area (Å²) in [6, 6.07) is 15.0. The lowest BCUT2D eigenvalue weighted by molar-refractivity contribution is 0.173. The van der Waals surface area contributed by atoms with E-state index < -0.39 is 0 Å². The molecule has 0 radical (unpaired) electrons. The van der Waals surface area contributed by atoms with Crippen molar-refractivity contribution in [3.63, 3.8) is 0 Å². The largest absolute Gasteiger partial charge is 0.508 e. The van der Waals surface area contributed by atoms with Crippen LogP contribution < -0.4 is 18.9 Å². The fraction of sp³-hybridized carbons (Fsp3) is 0.348. The normalized spacial score (nSPS) is 14.8. The van der Waals surface area contributed by atoms with Crippen molar-refractivity contribution >= 4 is 0 Å². The number of phenolic OH excluding ortho intramolecular Hbond substituents is 5. The van der Waals surface area contributed by atoms with Crippen LogP contribution in [0, 0.1) is 27.7 Å².